The molecule has 0 bridgehead atoms. The molecule has 0 atom stereocenters. The Bertz CT molecular complexity index is 546. The molecule has 1 aromatic heterocycles. The molecule has 4 heteroatoms. The van der Waals surface area contributed by atoms with Crippen molar-refractivity contribution in [3.05, 3.63) is 47.4 Å². The molecule has 2 rings (SSSR count). The van der Waals surface area contributed by atoms with Crippen molar-refractivity contribution in [2.24, 2.45) is 5.73 Å². The third-order valence-electron chi connectivity index (χ3n) is 2.44. The highest BCUT2D eigenvalue weighted by atomic mass is 19.1. The van der Waals surface area contributed by atoms with Gasteiger partial charge in [0, 0.05) is 17.0 Å². The van der Waals surface area contributed by atoms with E-state index in [2.05, 4.69) is 4.98 Å². The molecule has 0 aliphatic heterocycles. The second kappa shape index (κ2) is 3.81. The first kappa shape index (κ1) is 10.4. The summed E-state index contributed by atoms with van der Waals surface area (Å²) in [4.78, 5) is 14.0. The molecule has 0 saturated heterocycles. The van der Waals surface area contributed by atoms with Gasteiger partial charge < -0.3 is 10.7 Å². The number of hydrogen-bond acceptors (Lipinski definition) is 1. The Balaban J connectivity index is 2.54. The summed E-state index contributed by atoms with van der Waals surface area (Å²) in [5.41, 5.74) is 7.21. The average molecular weight is 218 g/mol. The fourth-order valence-electron chi connectivity index (χ4n) is 1.64. The highest BCUT2D eigenvalue weighted by Crippen LogP contribution is 2.23. The van der Waals surface area contributed by atoms with Crippen molar-refractivity contribution in [2.45, 2.75) is 6.92 Å². The first-order valence-corrected chi connectivity index (χ1v) is 4.84. The number of benzene rings is 1. The molecule has 0 fully saturated rings. The van der Waals surface area contributed by atoms with Crippen molar-refractivity contribution in [3.63, 3.8) is 0 Å². The van der Waals surface area contributed by atoms with E-state index in [-0.39, 0.29) is 5.82 Å². The van der Waals surface area contributed by atoms with Gasteiger partial charge in [0.15, 0.2) is 0 Å². The molecule has 0 unspecified atom stereocenters. The molecule has 0 aliphatic carbocycles. The lowest BCUT2D eigenvalue weighted by atomic mass is 10.1. The van der Waals surface area contributed by atoms with Crippen LogP contribution in [0.25, 0.3) is 11.3 Å². The van der Waals surface area contributed by atoms with Gasteiger partial charge in [0.25, 0.3) is 5.91 Å². The monoisotopic (exact) mass is 218 g/mol. The third-order valence-corrected chi connectivity index (χ3v) is 2.44. The van der Waals surface area contributed by atoms with Crippen molar-refractivity contribution in [1.29, 1.82) is 0 Å². The fourth-order valence-corrected chi connectivity index (χ4v) is 1.64. The summed E-state index contributed by atoms with van der Waals surface area (Å²) in [6.07, 6.45) is 0. The maximum atomic E-state index is 13.5. The summed E-state index contributed by atoms with van der Waals surface area (Å²) < 4.78 is 13.5. The number of amides is 1. The Kier molecular flexibility index (Phi) is 2.48. The number of halogens is 1. The van der Waals surface area contributed by atoms with Crippen LogP contribution in [0.2, 0.25) is 0 Å². The van der Waals surface area contributed by atoms with Crippen LogP contribution in [-0.2, 0) is 0 Å². The van der Waals surface area contributed by atoms with Crippen molar-refractivity contribution in [2.75, 3.05) is 0 Å². The SMILES string of the molecule is Cc1[nH]c(-c2ccccc2F)cc1C(N)=O. The van der Waals surface area contributed by atoms with E-state index in [0.29, 0.717) is 22.5 Å². The zero-order valence-electron chi connectivity index (χ0n) is 8.75. The predicted molar refractivity (Wildman–Crippen MR) is 59.4 cm³/mol. The number of carbonyl (C=O) groups is 1. The second-order valence-electron chi connectivity index (χ2n) is 3.57. The number of H-pyrrole nitrogens is 1. The largest absolute Gasteiger partial charge is 0.366 e. The number of aromatic nitrogens is 1. The minimum Gasteiger partial charge on any atom is -0.366 e. The summed E-state index contributed by atoms with van der Waals surface area (Å²) in [6, 6.07) is 7.93. The number of aryl methyl sites for hydroxylation is 1. The van der Waals surface area contributed by atoms with E-state index in [1.54, 1.807) is 31.2 Å². The van der Waals surface area contributed by atoms with Gasteiger partial charge in [-0.1, -0.05) is 12.1 Å². The molecule has 1 amide bonds. The molecule has 82 valence electrons. The maximum Gasteiger partial charge on any atom is 0.250 e. The van der Waals surface area contributed by atoms with E-state index < -0.39 is 5.91 Å². The minimum absolute atomic E-state index is 0.334. The summed E-state index contributed by atoms with van der Waals surface area (Å²) in [5.74, 6) is -0.851. The van der Waals surface area contributed by atoms with E-state index in [1.165, 1.54) is 6.07 Å². The maximum absolute atomic E-state index is 13.5. The molecule has 0 spiro atoms. The van der Waals surface area contributed by atoms with E-state index in [1.807, 2.05) is 0 Å². The molecule has 3 nitrogen and oxygen atoms in total. The van der Waals surface area contributed by atoms with Gasteiger partial charge in [0.05, 0.1) is 5.56 Å². The van der Waals surface area contributed by atoms with Crippen LogP contribution in [0.4, 0.5) is 4.39 Å². The van der Waals surface area contributed by atoms with Crippen molar-refractivity contribution < 1.29 is 9.18 Å². The average Bonchev–Trinajstić information content (AvgIpc) is 2.61. The molecule has 0 radical (unpaired) electrons. The van der Waals surface area contributed by atoms with Crippen LogP contribution in [0.3, 0.4) is 0 Å². The number of nitrogens with one attached hydrogen (secondary N) is 1. The molecule has 1 heterocycles. The molecule has 16 heavy (non-hydrogen) atoms. The smallest absolute Gasteiger partial charge is 0.250 e. The van der Waals surface area contributed by atoms with Crippen LogP contribution in [0, 0.1) is 12.7 Å². The first-order valence-electron chi connectivity index (χ1n) is 4.84. The van der Waals surface area contributed by atoms with Crippen LogP contribution in [0.5, 0.6) is 0 Å². The number of aromatic amines is 1. The van der Waals surface area contributed by atoms with Gasteiger partial charge in [-0.3, -0.25) is 4.79 Å². The van der Waals surface area contributed by atoms with Crippen LogP contribution in [0.1, 0.15) is 16.1 Å². The lowest BCUT2D eigenvalue weighted by Crippen LogP contribution is -2.10. The van der Waals surface area contributed by atoms with Crippen LogP contribution in [-0.4, -0.2) is 10.9 Å². The topological polar surface area (TPSA) is 58.9 Å². The van der Waals surface area contributed by atoms with Crippen molar-refractivity contribution in [1.82, 2.24) is 4.98 Å². The van der Waals surface area contributed by atoms with Gasteiger partial charge >= 0.3 is 0 Å². The third kappa shape index (κ3) is 1.69. The number of nitrogens with two attached hydrogens (primary N) is 1. The van der Waals surface area contributed by atoms with Crippen LogP contribution in [0.15, 0.2) is 30.3 Å². The Morgan fingerprint density at radius 2 is 2.06 bits per heavy atom. The predicted octanol–water partition coefficient (Wildman–Crippen LogP) is 2.23. The molecular formula is C12H11FN2O. The Labute approximate surface area is 92.1 Å². The highest BCUT2D eigenvalue weighted by molar-refractivity contribution is 5.95. The molecule has 1 aromatic carbocycles. The van der Waals surface area contributed by atoms with Crippen molar-refractivity contribution in [3.8, 4) is 11.3 Å². The quantitative estimate of drug-likeness (QED) is 0.797. The first-order chi connectivity index (χ1) is 7.59. The van der Waals surface area contributed by atoms with Gasteiger partial charge in [0.2, 0.25) is 0 Å². The molecule has 0 saturated carbocycles. The number of rotatable bonds is 2. The Morgan fingerprint density at radius 1 is 1.38 bits per heavy atom. The second-order valence-corrected chi connectivity index (χ2v) is 3.57. The van der Waals surface area contributed by atoms with Crippen LogP contribution >= 0.6 is 0 Å². The molecule has 3 N–H and O–H groups in total. The zero-order valence-corrected chi connectivity index (χ0v) is 8.75. The van der Waals surface area contributed by atoms with Gasteiger partial charge in [0.1, 0.15) is 5.82 Å². The number of primary amides is 1. The van der Waals surface area contributed by atoms with Gasteiger partial charge in [-0.2, -0.15) is 0 Å². The lowest BCUT2D eigenvalue weighted by Gasteiger charge is -1.98. The summed E-state index contributed by atoms with van der Waals surface area (Å²) in [7, 11) is 0. The fraction of sp³-hybridized carbons (Fsp3) is 0.0833. The summed E-state index contributed by atoms with van der Waals surface area (Å²) in [5, 5.41) is 0. The standard InChI is InChI=1S/C12H11FN2O/c1-7-9(12(14)16)6-11(15-7)8-4-2-3-5-10(8)13/h2-6,15H,1H3,(H2,14,16). The van der Waals surface area contributed by atoms with E-state index in [9.17, 15) is 9.18 Å². The molecule has 0 aliphatic rings. The normalized spacial score (nSPS) is 10.4. The van der Waals surface area contributed by atoms with Crippen molar-refractivity contribution >= 4 is 5.91 Å². The minimum atomic E-state index is -0.517. The molecular weight excluding hydrogens is 207 g/mol. The van der Waals surface area contributed by atoms with Crippen LogP contribution < -0.4 is 5.73 Å². The number of carbonyl (C=O) groups excluding carboxylic acids is 1. The van der Waals surface area contributed by atoms with Gasteiger partial charge in [-0.05, 0) is 25.1 Å². The Hall–Kier alpha value is -2.10. The Morgan fingerprint density at radius 3 is 2.62 bits per heavy atom. The van der Waals surface area contributed by atoms with E-state index >= 15 is 0 Å². The lowest BCUT2D eigenvalue weighted by molar-refractivity contribution is 0.1000. The summed E-state index contributed by atoms with van der Waals surface area (Å²) in [6.45, 7) is 1.73. The molecule has 2 aromatic rings. The van der Waals surface area contributed by atoms with Gasteiger partial charge in [-0.25, -0.2) is 4.39 Å². The number of hydrogen-bond donors (Lipinski definition) is 2. The summed E-state index contributed by atoms with van der Waals surface area (Å²) >= 11 is 0. The van der Waals surface area contributed by atoms with E-state index in [4.69, 9.17) is 5.73 Å². The highest BCUT2D eigenvalue weighted by Gasteiger charge is 2.12. The van der Waals surface area contributed by atoms with E-state index in [0.717, 1.165) is 0 Å². The zero-order chi connectivity index (χ0) is 11.7. The van der Waals surface area contributed by atoms with Gasteiger partial charge in [-0.15, -0.1) is 0 Å².